The summed E-state index contributed by atoms with van der Waals surface area (Å²) in [5.74, 6) is -0.412. The molecule has 4 aromatic rings. The van der Waals surface area contributed by atoms with Gasteiger partial charge in [-0.15, -0.1) is 11.3 Å². The van der Waals surface area contributed by atoms with Gasteiger partial charge in [0.1, 0.15) is 5.56 Å². The fourth-order valence-corrected chi connectivity index (χ4v) is 5.44. The van der Waals surface area contributed by atoms with Gasteiger partial charge in [0.15, 0.2) is 0 Å². The smallest absolute Gasteiger partial charge is 0.257 e. The first kappa shape index (κ1) is 24.2. The van der Waals surface area contributed by atoms with Crippen molar-refractivity contribution in [3.8, 4) is 0 Å². The lowest BCUT2D eigenvalue weighted by atomic mass is 10.1. The fraction of sp³-hybridized carbons (Fsp3) is 0.280. The third kappa shape index (κ3) is 5.10. The zero-order valence-corrected chi connectivity index (χ0v) is 20.7. The van der Waals surface area contributed by atoms with Gasteiger partial charge in [-0.05, 0) is 43.3 Å². The van der Waals surface area contributed by atoms with E-state index >= 15 is 0 Å². The Labute approximate surface area is 206 Å². The molecule has 0 spiro atoms. The number of rotatable bonds is 8. The number of carbonyl (C=O) groups is 1. The van der Waals surface area contributed by atoms with Gasteiger partial charge in [0.25, 0.3) is 5.91 Å². The number of aryl methyl sites for hydroxylation is 2. The molecule has 2 N–H and O–H groups in total. The highest BCUT2D eigenvalue weighted by Crippen LogP contribution is 2.30. The van der Waals surface area contributed by atoms with E-state index in [0.29, 0.717) is 29.4 Å². The Morgan fingerprint density at radius 1 is 1.29 bits per heavy atom. The molecule has 3 aromatic heterocycles. The molecule has 1 aromatic carbocycles. The van der Waals surface area contributed by atoms with Crippen molar-refractivity contribution in [3.05, 3.63) is 91.4 Å². The summed E-state index contributed by atoms with van der Waals surface area (Å²) in [6.45, 7) is 3.27. The minimum absolute atomic E-state index is 0.112. The van der Waals surface area contributed by atoms with E-state index in [1.807, 2.05) is 42.6 Å². The number of hydrogen-bond acceptors (Lipinski definition) is 6. The van der Waals surface area contributed by atoms with Gasteiger partial charge in [-0.2, -0.15) is 0 Å². The number of fused-ring (bicyclic) bond motifs is 1. The summed E-state index contributed by atoms with van der Waals surface area (Å²) in [5, 5.41) is 13.8. The van der Waals surface area contributed by atoms with Crippen LogP contribution in [0.5, 0.6) is 0 Å². The molecule has 0 aliphatic carbocycles. The number of amides is 1. The number of pyridine rings is 1. The summed E-state index contributed by atoms with van der Waals surface area (Å²) in [6, 6.07) is 8.93. The van der Waals surface area contributed by atoms with Gasteiger partial charge in [0, 0.05) is 48.3 Å². The third-order valence-electron chi connectivity index (χ3n) is 5.78. The number of nitrogens with zero attached hydrogens (tertiary/aromatic N) is 2. The monoisotopic (exact) mass is 499 g/mol. The van der Waals surface area contributed by atoms with Gasteiger partial charge in [0.05, 0.1) is 28.8 Å². The number of aromatic nitrogens is 1. The van der Waals surface area contributed by atoms with Crippen molar-refractivity contribution in [2.24, 2.45) is 7.05 Å². The minimum atomic E-state index is -0.666. The number of carbonyl (C=O) groups excluding carboxylic acids is 1. The molecule has 0 saturated carbocycles. The molecular formula is C25H26ClN3O4S. The Hall–Kier alpha value is -2.91. The lowest BCUT2D eigenvalue weighted by Gasteiger charge is -2.19. The first-order valence-electron chi connectivity index (χ1n) is 10.8. The molecule has 0 saturated heterocycles. The van der Waals surface area contributed by atoms with Gasteiger partial charge >= 0.3 is 0 Å². The van der Waals surface area contributed by atoms with E-state index in [1.54, 1.807) is 24.4 Å². The highest BCUT2D eigenvalue weighted by molar-refractivity contribution is 7.19. The van der Waals surface area contributed by atoms with Crippen molar-refractivity contribution in [1.82, 2.24) is 14.8 Å². The molecule has 0 bridgehead atoms. The summed E-state index contributed by atoms with van der Waals surface area (Å²) >= 11 is 7.30. The first-order chi connectivity index (χ1) is 16.2. The van der Waals surface area contributed by atoms with Gasteiger partial charge in [-0.1, -0.05) is 23.7 Å². The molecule has 0 fully saturated rings. The molecule has 7 nitrogen and oxygen atoms in total. The van der Waals surface area contributed by atoms with Crippen molar-refractivity contribution in [2.75, 3.05) is 13.6 Å². The summed E-state index contributed by atoms with van der Waals surface area (Å²) in [7, 11) is 3.76. The van der Waals surface area contributed by atoms with Crippen LogP contribution in [0.1, 0.15) is 38.0 Å². The van der Waals surface area contributed by atoms with Crippen LogP contribution in [0.3, 0.4) is 0 Å². The Morgan fingerprint density at radius 2 is 2.03 bits per heavy atom. The van der Waals surface area contributed by atoms with Crippen LogP contribution in [-0.4, -0.2) is 34.1 Å². The van der Waals surface area contributed by atoms with Crippen molar-refractivity contribution in [3.63, 3.8) is 0 Å². The maximum Gasteiger partial charge on any atom is 0.257 e. The highest BCUT2D eigenvalue weighted by atomic mass is 35.5. The molecule has 1 unspecified atom stereocenters. The number of likely N-dealkylation sites (N-methyl/N-ethyl adjacent to an activating group) is 1. The number of furan rings is 1. The van der Waals surface area contributed by atoms with Crippen LogP contribution in [-0.2, 0) is 20.1 Å². The lowest BCUT2D eigenvalue weighted by molar-refractivity contribution is 0.0949. The number of aliphatic hydroxyl groups excluding tert-OH is 1. The molecule has 0 aliphatic heterocycles. The van der Waals surface area contributed by atoms with E-state index in [0.717, 1.165) is 27.1 Å². The highest BCUT2D eigenvalue weighted by Gasteiger charge is 2.21. The molecular weight excluding hydrogens is 474 g/mol. The van der Waals surface area contributed by atoms with Crippen LogP contribution in [0.25, 0.3) is 10.2 Å². The van der Waals surface area contributed by atoms with E-state index in [2.05, 4.69) is 5.32 Å². The SMILES string of the molecule is Cc1c(CN(C)CC(O)c2ccoc2)sc2c(=O)c(C(=O)NCc3ccc(Cl)cc3)cn(C)c12. The quantitative estimate of drug-likeness (QED) is 0.378. The van der Waals surface area contributed by atoms with Gasteiger partial charge in [-0.25, -0.2) is 0 Å². The zero-order chi connectivity index (χ0) is 24.4. The Morgan fingerprint density at radius 3 is 2.71 bits per heavy atom. The van der Waals surface area contributed by atoms with E-state index in [-0.39, 0.29) is 11.0 Å². The summed E-state index contributed by atoms with van der Waals surface area (Å²) in [6.07, 6.45) is 4.00. The second-order valence-electron chi connectivity index (χ2n) is 8.39. The van der Waals surface area contributed by atoms with Crippen molar-refractivity contribution >= 4 is 39.1 Å². The Bertz CT molecular complexity index is 1360. The van der Waals surface area contributed by atoms with Crippen LogP contribution < -0.4 is 10.7 Å². The van der Waals surface area contributed by atoms with Crippen LogP contribution in [0.15, 0.2) is 58.3 Å². The molecule has 0 radical (unpaired) electrons. The first-order valence-corrected chi connectivity index (χ1v) is 12.0. The van der Waals surface area contributed by atoms with Crippen LogP contribution in [0, 0.1) is 6.92 Å². The Balaban J connectivity index is 1.54. The normalized spacial score (nSPS) is 12.4. The van der Waals surface area contributed by atoms with Crippen LogP contribution >= 0.6 is 22.9 Å². The average Bonchev–Trinajstić information content (AvgIpc) is 3.45. The van der Waals surface area contributed by atoms with Gasteiger partial charge in [-0.3, -0.25) is 14.5 Å². The Kier molecular flexibility index (Phi) is 7.23. The van der Waals surface area contributed by atoms with Gasteiger partial charge in [0.2, 0.25) is 5.43 Å². The molecule has 9 heteroatoms. The molecule has 1 atom stereocenters. The van der Waals surface area contributed by atoms with Gasteiger partial charge < -0.3 is 19.4 Å². The van der Waals surface area contributed by atoms with E-state index in [1.165, 1.54) is 23.9 Å². The molecule has 178 valence electrons. The molecule has 34 heavy (non-hydrogen) atoms. The van der Waals surface area contributed by atoms with Crippen LogP contribution in [0.2, 0.25) is 5.02 Å². The summed E-state index contributed by atoms with van der Waals surface area (Å²) < 4.78 is 7.44. The predicted octanol–water partition coefficient (Wildman–Crippen LogP) is 4.25. The minimum Gasteiger partial charge on any atom is -0.472 e. The lowest BCUT2D eigenvalue weighted by Crippen LogP contribution is -2.29. The maximum atomic E-state index is 13.2. The van der Waals surface area contributed by atoms with Crippen molar-refractivity contribution in [1.29, 1.82) is 0 Å². The van der Waals surface area contributed by atoms with Crippen LogP contribution in [0.4, 0.5) is 0 Å². The second kappa shape index (κ2) is 10.1. The topological polar surface area (TPSA) is 87.7 Å². The molecule has 0 aliphatic rings. The zero-order valence-electron chi connectivity index (χ0n) is 19.2. The number of halogens is 1. The van der Waals surface area contributed by atoms with Crippen molar-refractivity contribution in [2.45, 2.75) is 26.1 Å². The predicted molar refractivity (Wildman–Crippen MR) is 134 cm³/mol. The summed E-state index contributed by atoms with van der Waals surface area (Å²) in [4.78, 5) is 29.0. The van der Waals surface area contributed by atoms with E-state index in [9.17, 15) is 14.7 Å². The van der Waals surface area contributed by atoms with Crippen molar-refractivity contribution < 1.29 is 14.3 Å². The van der Waals surface area contributed by atoms with E-state index < -0.39 is 12.0 Å². The number of benzene rings is 1. The second-order valence-corrected chi connectivity index (χ2v) is 9.93. The standard InChI is InChI=1S/C25H26ClN3O4S/c1-15-21(13-28(2)12-20(30)17-8-9-33-14-17)34-24-22(15)29(3)11-19(23(24)31)25(32)27-10-16-4-6-18(26)7-5-16/h4-9,11,14,20,30H,10,12-13H2,1-3H3,(H,27,32). The fourth-order valence-electron chi connectivity index (χ4n) is 3.94. The molecule has 1 amide bonds. The summed E-state index contributed by atoms with van der Waals surface area (Å²) in [5.41, 5.74) is 3.27. The number of thiophene rings is 1. The number of hydrogen-bond donors (Lipinski definition) is 2. The maximum absolute atomic E-state index is 13.2. The molecule has 4 rings (SSSR count). The average molecular weight is 500 g/mol. The van der Waals surface area contributed by atoms with E-state index in [4.69, 9.17) is 16.0 Å². The number of aliphatic hydroxyl groups is 1. The largest absolute Gasteiger partial charge is 0.472 e. The molecule has 3 heterocycles. The number of nitrogens with one attached hydrogen (secondary N) is 1. The third-order valence-corrected chi connectivity index (χ3v) is 7.29.